The zero-order valence-corrected chi connectivity index (χ0v) is 9.62. The van der Waals surface area contributed by atoms with Gasteiger partial charge in [-0.05, 0) is 30.0 Å². The molecule has 0 atom stereocenters. The third-order valence-corrected chi connectivity index (χ3v) is 2.58. The van der Waals surface area contributed by atoms with E-state index in [4.69, 9.17) is 10.5 Å². The van der Waals surface area contributed by atoms with Crippen molar-refractivity contribution in [2.45, 2.75) is 26.7 Å². The molecule has 0 radical (unpaired) electrons. The second-order valence-corrected chi connectivity index (χ2v) is 3.43. The molecule has 1 aromatic carbocycles. The molecular formula is C14H14N2. The number of benzene rings is 1. The number of nitriles is 2. The molecule has 0 bridgehead atoms. The van der Waals surface area contributed by atoms with Crippen LogP contribution in [-0.4, -0.2) is 0 Å². The predicted octanol–water partition coefficient (Wildman–Crippen LogP) is 3.66. The largest absolute Gasteiger partial charge is 0.193 e. The molecule has 1 aromatic rings. The molecule has 0 amide bonds. The zero-order chi connectivity index (χ0) is 12.0. The summed E-state index contributed by atoms with van der Waals surface area (Å²) in [5.41, 5.74) is 3.29. The fraction of sp³-hybridized carbons (Fsp3) is 0.286. The lowest BCUT2D eigenvalue weighted by Gasteiger charge is -2.09. The third-order valence-electron chi connectivity index (χ3n) is 2.58. The summed E-state index contributed by atoms with van der Waals surface area (Å²) in [5.74, 6) is 0. The van der Waals surface area contributed by atoms with E-state index in [1.54, 1.807) is 6.07 Å². The van der Waals surface area contributed by atoms with Gasteiger partial charge in [0.2, 0.25) is 0 Å². The number of hydrogen-bond donors (Lipinski definition) is 0. The monoisotopic (exact) mass is 210 g/mol. The van der Waals surface area contributed by atoms with Gasteiger partial charge in [0, 0.05) is 5.57 Å². The summed E-state index contributed by atoms with van der Waals surface area (Å²) in [6.07, 6.45) is 1.48. The first-order valence-electron chi connectivity index (χ1n) is 5.40. The molecule has 0 unspecified atom stereocenters. The molecule has 16 heavy (non-hydrogen) atoms. The molecule has 0 fully saturated rings. The summed E-state index contributed by atoms with van der Waals surface area (Å²) in [6.45, 7) is 3.97. The molecule has 0 N–H and O–H groups in total. The van der Waals surface area contributed by atoms with Crippen LogP contribution < -0.4 is 0 Å². The topological polar surface area (TPSA) is 47.6 Å². The van der Waals surface area contributed by atoms with Gasteiger partial charge in [0.25, 0.3) is 0 Å². The number of rotatable bonds is 3. The van der Waals surface area contributed by atoms with Gasteiger partial charge in [-0.2, -0.15) is 10.5 Å². The second-order valence-electron chi connectivity index (χ2n) is 3.43. The highest BCUT2D eigenvalue weighted by atomic mass is 14.3. The molecule has 80 valence electrons. The van der Waals surface area contributed by atoms with E-state index in [1.807, 2.05) is 32.0 Å². The van der Waals surface area contributed by atoms with Crippen LogP contribution in [0.5, 0.6) is 0 Å². The molecule has 0 aliphatic heterocycles. The summed E-state index contributed by atoms with van der Waals surface area (Å²) in [4.78, 5) is 0. The minimum absolute atomic E-state index is 0.639. The van der Waals surface area contributed by atoms with Crippen molar-refractivity contribution in [1.29, 1.82) is 10.5 Å². The fourth-order valence-corrected chi connectivity index (χ4v) is 1.77. The maximum atomic E-state index is 9.06. The fourth-order valence-electron chi connectivity index (χ4n) is 1.77. The smallest absolute Gasteiger partial charge is 0.0998 e. The van der Waals surface area contributed by atoms with Crippen molar-refractivity contribution in [3.63, 3.8) is 0 Å². The predicted molar refractivity (Wildman–Crippen MR) is 64.3 cm³/mol. The first-order valence-corrected chi connectivity index (χ1v) is 5.40. The molecule has 2 nitrogen and oxygen atoms in total. The Morgan fingerprint density at radius 2 is 1.81 bits per heavy atom. The SMILES string of the molecule is CC/C(C#N)=C(\CC)c1ccccc1C#N. The van der Waals surface area contributed by atoms with Crippen LogP contribution in [0.3, 0.4) is 0 Å². The van der Waals surface area contributed by atoms with Crippen LogP contribution in [-0.2, 0) is 0 Å². The summed E-state index contributed by atoms with van der Waals surface area (Å²) >= 11 is 0. The van der Waals surface area contributed by atoms with E-state index in [0.717, 1.165) is 23.1 Å². The normalized spacial score (nSPS) is 11.2. The highest BCUT2D eigenvalue weighted by Gasteiger charge is 2.09. The summed E-state index contributed by atoms with van der Waals surface area (Å²) in [5, 5.41) is 18.1. The van der Waals surface area contributed by atoms with Gasteiger partial charge in [-0.1, -0.05) is 32.0 Å². The van der Waals surface area contributed by atoms with E-state index >= 15 is 0 Å². The molecule has 0 saturated heterocycles. The highest BCUT2D eigenvalue weighted by Crippen LogP contribution is 2.26. The van der Waals surface area contributed by atoms with Crippen molar-refractivity contribution >= 4 is 5.57 Å². The van der Waals surface area contributed by atoms with E-state index in [2.05, 4.69) is 12.1 Å². The van der Waals surface area contributed by atoms with Gasteiger partial charge >= 0.3 is 0 Å². The molecule has 0 spiro atoms. The van der Waals surface area contributed by atoms with Crippen LogP contribution in [0.15, 0.2) is 29.8 Å². The van der Waals surface area contributed by atoms with E-state index in [-0.39, 0.29) is 0 Å². The first kappa shape index (κ1) is 12.0. The zero-order valence-electron chi connectivity index (χ0n) is 9.62. The van der Waals surface area contributed by atoms with Crippen LogP contribution in [0.1, 0.15) is 37.8 Å². The van der Waals surface area contributed by atoms with Crippen LogP contribution >= 0.6 is 0 Å². The number of nitrogens with zero attached hydrogens (tertiary/aromatic N) is 2. The lowest BCUT2D eigenvalue weighted by molar-refractivity contribution is 1.11. The lowest BCUT2D eigenvalue weighted by Crippen LogP contribution is -1.92. The average Bonchev–Trinajstić information content (AvgIpc) is 2.35. The van der Waals surface area contributed by atoms with Crippen molar-refractivity contribution in [2.24, 2.45) is 0 Å². The van der Waals surface area contributed by atoms with Crippen molar-refractivity contribution < 1.29 is 0 Å². The Labute approximate surface area is 96.4 Å². The van der Waals surface area contributed by atoms with Gasteiger partial charge in [-0.3, -0.25) is 0 Å². The van der Waals surface area contributed by atoms with Gasteiger partial charge in [0.1, 0.15) is 0 Å². The summed E-state index contributed by atoms with van der Waals surface area (Å²) in [6, 6.07) is 11.8. The van der Waals surface area contributed by atoms with E-state index in [1.165, 1.54) is 0 Å². The maximum Gasteiger partial charge on any atom is 0.0998 e. The first-order chi connectivity index (χ1) is 7.78. The molecular weight excluding hydrogens is 196 g/mol. The summed E-state index contributed by atoms with van der Waals surface area (Å²) < 4.78 is 0. The van der Waals surface area contributed by atoms with Crippen molar-refractivity contribution in [3.8, 4) is 12.1 Å². The molecule has 0 heterocycles. The van der Waals surface area contributed by atoms with Crippen LogP contribution in [0, 0.1) is 22.7 Å². The van der Waals surface area contributed by atoms with Gasteiger partial charge in [-0.15, -0.1) is 0 Å². The van der Waals surface area contributed by atoms with Gasteiger partial charge in [-0.25, -0.2) is 0 Å². The van der Waals surface area contributed by atoms with Crippen molar-refractivity contribution in [2.75, 3.05) is 0 Å². The van der Waals surface area contributed by atoms with E-state index in [0.29, 0.717) is 12.0 Å². The van der Waals surface area contributed by atoms with E-state index in [9.17, 15) is 0 Å². The van der Waals surface area contributed by atoms with Crippen molar-refractivity contribution in [1.82, 2.24) is 0 Å². The molecule has 0 aliphatic carbocycles. The van der Waals surface area contributed by atoms with Gasteiger partial charge < -0.3 is 0 Å². The highest BCUT2D eigenvalue weighted by molar-refractivity contribution is 5.75. The summed E-state index contributed by atoms with van der Waals surface area (Å²) in [7, 11) is 0. The van der Waals surface area contributed by atoms with Gasteiger partial charge in [0.15, 0.2) is 0 Å². The third kappa shape index (κ3) is 2.30. The quantitative estimate of drug-likeness (QED) is 0.715. The molecule has 0 saturated carbocycles. The minimum Gasteiger partial charge on any atom is -0.193 e. The number of allylic oxidation sites excluding steroid dienone is 2. The lowest BCUT2D eigenvalue weighted by atomic mass is 9.93. The Kier molecular flexibility index (Phi) is 4.30. The van der Waals surface area contributed by atoms with Crippen LogP contribution in [0.2, 0.25) is 0 Å². The Morgan fingerprint density at radius 3 is 2.31 bits per heavy atom. The Bertz CT molecular complexity index is 484. The van der Waals surface area contributed by atoms with Gasteiger partial charge in [0.05, 0.1) is 17.7 Å². The minimum atomic E-state index is 0.639. The molecule has 1 rings (SSSR count). The second kappa shape index (κ2) is 5.73. The molecule has 0 aromatic heterocycles. The van der Waals surface area contributed by atoms with Crippen LogP contribution in [0.25, 0.3) is 5.57 Å². The number of hydrogen-bond acceptors (Lipinski definition) is 2. The molecule has 0 aliphatic rings. The van der Waals surface area contributed by atoms with E-state index < -0.39 is 0 Å². The Hall–Kier alpha value is -2.06. The Balaban J connectivity index is 3.42. The average molecular weight is 210 g/mol. The van der Waals surface area contributed by atoms with Crippen LogP contribution in [0.4, 0.5) is 0 Å². The van der Waals surface area contributed by atoms with Crippen molar-refractivity contribution in [3.05, 3.63) is 41.0 Å². The maximum absolute atomic E-state index is 9.06. The molecule has 2 heteroatoms. The standard InChI is InChI=1S/C14H14N2/c1-3-11(9-15)13(4-2)14-8-6-5-7-12(14)10-16/h5-8H,3-4H2,1-2H3/b13-11-. The Morgan fingerprint density at radius 1 is 1.12 bits per heavy atom.